The second-order valence-corrected chi connectivity index (χ2v) is 7.91. The van der Waals surface area contributed by atoms with Gasteiger partial charge in [-0.1, -0.05) is 74.6 Å². The first-order valence-corrected chi connectivity index (χ1v) is 10.3. The molecule has 0 radical (unpaired) electrons. The molecule has 3 nitrogen and oxygen atoms in total. The first-order chi connectivity index (χ1) is 12.7. The number of rotatable bonds is 7. The first-order valence-electron chi connectivity index (χ1n) is 9.05. The van der Waals surface area contributed by atoms with Crippen LogP contribution in [0.4, 0.5) is 0 Å². The number of unbranched alkanes of at least 4 members (excludes halogenated alkanes) is 1. The van der Waals surface area contributed by atoms with E-state index >= 15 is 0 Å². The maximum absolute atomic E-state index is 12.7. The zero-order valence-corrected chi connectivity index (χ0v) is 16.8. The number of amides is 1. The van der Waals surface area contributed by atoms with Crippen molar-refractivity contribution in [2.75, 3.05) is 13.2 Å². The van der Waals surface area contributed by atoms with E-state index in [1.807, 2.05) is 31.2 Å². The topological polar surface area (TPSA) is 29.5 Å². The molecule has 1 aliphatic heterocycles. The second-order valence-electron chi connectivity index (χ2n) is 6.23. The van der Waals surface area contributed by atoms with Crippen LogP contribution in [0, 0.1) is 0 Å². The number of hydrogen-bond donors (Lipinski definition) is 0. The molecular formula is C21H23NO2S2. The smallest absolute Gasteiger partial charge is 0.266 e. The summed E-state index contributed by atoms with van der Waals surface area (Å²) in [6, 6.07) is 12.2. The van der Waals surface area contributed by atoms with Crippen molar-refractivity contribution in [3.05, 3.63) is 46.9 Å². The van der Waals surface area contributed by atoms with Crippen LogP contribution >= 0.6 is 24.0 Å². The van der Waals surface area contributed by atoms with Gasteiger partial charge in [0.25, 0.3) is 5.91 Å². The number of ether oxygens (including phenoxy) is 1. The molecule has 0 spiro atoms. The molecule has 5 heteroatoms. The minimum absolute atomic E-state index is 0.00528. The molecule has 0 unspecified atom stereocenters. The van der Waals surface area contributed by atoms with Gasteiger partial charge in [0, 0.05) is 12.1 Å². The van der Waals surface area contributed by atoms with Gasteiger partial charge in [-0.25, -0.2) is 0 Å². The van der Waals surface area contributed by atoms with Gasteiger partial charge in [-0.2, -0.15) is 0 Å². The van der Waals surface area contributed by atoms with Gasteiger partial charge in [0.05, 0.1) is 11.5 Å². The van der Waals surface area contributed by atoms with Gasteiger partial charge >= 0.3 is 0 Å². The summed E-state index contributed by atoms with van der Waals surface area (Å²) in [5, 5.41) is 2.22. The highest BCUT2D eigenvalue weighted by atomic mass is 32.2. The zero-order chi connectivity index (χ0) is 18.5. The molecular weight excluding hydrogens is 362 g/mol. The molecule has 1 saturated heterocycles. The average Bonchev–Trinajstić information content (AvgIpc) is 2.91. The third-order valence-electron chi connectivity index (χ3n) is 4.28. The molecule has 0 bridgehead atoms. The zero-order valence-electron chi connectivity index (χ0n) is 15.2. The number of benzene rings is 2. The third kappa shape index (κ3) is 3.94. The number of thiocarbonyl (C=S) groups is 1. The highest BCUT2D eigenvalue weighted by Crippen LogP contribution is 2.37. The Kier molecular flexibility index (Phi) is 6.33. The summed E-state index contributed by atoms with van der Waals surface area (Å²) < 4.78 is 6.66. The third-order valence-corrected chi connectivity index (χ3v) is 5.66. The minimum atomic E-state index is -0.00528. The van der Waals surface area contributed by atoms with Crippen molar-refractivity contribution >= 4 is 51.1 Å². The Morgan fingerprint density at radius 1 is 1.15 bits per heavy atom. The van der Waals surface area contributed by atoms with Crippen LogP contribution in [0.2, 0.25) is 0 Å². The molecule has 0 atom stereocenters. The quantitative estimate of drug-likeness (QED) is 0.351. The summed E-state index contributed by atoms with van der Waals surface area (Å²) in [6.07, 6.45) is 4.92. The Hall–Kier alpha value is -1.85. The standard InChI is InChI=1S/C21H23NO2S2/c1-3-5-13-24-18-11-10-15-8-6-7-9-16(15)17(18)14-19-20(23)22(12-4-2)21(25)26-19/h6-11,14H,3-5,12-13H2,1-2H3/b19-14+. The van der Waals surface area contributed by atoms with Crippen LogP contribution < -0.4 is 4.74 Å². The van der Waals surface area contributed by atoms with Gasteiger partial charge in [-0.05, 0) is 35.8 Å². The number of hydrogen-bond acceptors (Lipinski definition) is 4. The minimum Gasteiger partial charge on any atom is -0.493 e. The van der Waals surface area contributed by atoms with E-state index in [0.29, 0.717) is 22.4 Å². The maximum atomic E-state index is 12.7. The van der Waals surface area contributed by atoms with Crippen LogP contribution in [-0.2, 0) is 4.79 Å². The van der Waals surface area contributed by atoms with Crippen molar-refractivity contribution in [2.24, 2.45) is 0 Å². The molecule has 2 aromatic carbocycles. The Morgan fingerprint density at radius 2 is 1.96 bits per heavy atom. The van der Waals surface area contributed by atoms with Gasteiger partial charge in [0.1, 0.15) is 10.1 Å². The molecule has 26 heavy (non-hydrogen) atoms. The van der Waals surface area contributed by atoms with Crippen LogP contribution in [0.5, 0.6) is 5.75 Å². The fourth-order valence-corrected chi connectivity index (χ4v) is 4.21. The molecule has 3 rings (SSSR count). The van der Waals surface area contributed by atoms with Crippen LogP contribution in [0.15, 0.2) is 41.3 Å². The van der Waals surface area contributed by atoms with Crippen molar-refractivity contribution in [1.29, 1.82) is 0 Å². The monoisotopic (exact) mass is 385 g/mol. The molecule has 2 aromatic rings. The summed E-state index contributed by atoms with van der Waals surface area (Å²) in [4.78, 5) is 15.1. The van der Waals surface area contributed by atoms with Gasteiger partial charge in [0.15, 0.2) is 0 Å². The van der Waals surface area contributed by atoms with Crippen molar-refractivity contribution in [1.82, 2.24) is 4.90 Å². The molecule has 1 amide bonds. The van der Waals surface area contributed by atoms with Gasteiger partial charge in [-0.15, -0.1) is 0 Å². The molecule has 1 heterocycles. The van der Waals surface area contributed by atoms with Crippen LogP contribution in [0.1, 0.15) is 38.7 Å². The van der Waals surface area contributed by atoms with Crippen molar-refractivity contribution < 1.29 is 9.53 Å². The van der Waals surface area contributed by atoms with E-state index in [9.17, 15) is 4.79 Å². The Morgan fingerprint density at radius 3 is 2.73 bits per heavy atom. The second kappa shape index (κ2) is 8.69. The fourth-order valence-electron chi connectivity index (χ4n) is 2.92. The van der Waals surface area contributed by atoms with Gasteiger partial charge in [0.2, 0.25) is 0 Å². The highest BCUT2D eigenvalue weighted by molar-refractivity contribution is 8.26. The molecule has 0 aliphatic carbocycles. The lowest BCUT2D eigenvalue weighted by atomic mass is 10.0. The van der Waals surface area contributed by atoms with Gasteiger partial charge < -0.3 is 4.74 Å². The van der Waals surface area contributed by atoms with E-state index in [0.717, 1.165) is 41.3 Å². The molecule has 0 aromatic heterocycles. The van der Waals surface area contributed by atoms with E-state index in [-0.39, 0.29) is 5.91 Å². The van der Waals surface area contributed by atoms with Crippen molar-refractivity contribution in [3.8, 4) is 5.75 Å². The lowest BCUT2D eigenvalue weighted by molar-refractivity contribution is -0.122. The number of thioether (sulfide) groups is 1. The fraction of sp³-hybridized carbons (Fsp3) is 0.333. The Labute approximate surface area is 164 Å². The van der Waals surface area contributed by atoms with E-state index in [4.69, 9.17) is 17.0 Å². The normalized spacial score (nSPS) is 16.1. The predicted molar refractivity (Wildman–Crippen MR) is 115 cm³/mol. The Balaban J connectivity index is 2.03. The highest BCUT2D eigenvalue weighted by Gasteiger charge is 2.31. The van der Waals surface area contributed by atoms with Crippen molar-refractivity contribution in [2.45, 2.75) is 33.1 Å². The van der Waals surface area contributed by atoms with Crippen LogP contribution in [-0.4, -0.2) is 28.3 Å². The number of fused-ring (bicyclic) bond motifs is 1. The largest absolute Gasteiger partial charge is 0.493 e. The predicted octanol–water partition coefficient (Wildman–Crippen LogP) is 5.63. The molecule has 0 saturated carbocycles. The maximum Gasteiger partial charge on any atom is 0.266 e. The number of nitrogens with zero attached hydrogens (tertiary/aromatic N) is 1. The molecule has 1 aliphatic rings. The SMILES string of the molecule is CCCCOc1ccc2ccccc2c1/C=C1/SC(=S)N(CCC)C1=O. The summed E-state index contributed by atoms with van der Waals surface area (Å²) in [5.41, 5.74) is 0.955. The lowest BCUT2D eigenvalue weighted by Crippen LogP contribution is -2.28. The summed E-state index contributed by atoms with van der Waals surface area (Å²) in [7, 11) is 0. The number of carbonyl (C=O) groups excluding carboxylic acids is 1. The molecule has 1 fully saturated rings. The van der Waals surface area contributed by atoms with E-state index in [2.05, 4.69) is 25.1 Å². The van der Waals surface area contributed by atoms with Crippen LogP contribution in [0.25, 0.3) is 16.8 Å². The summed E-state index contributed by atoms with van der Waals surface area (Å²) in [5.74, 6) is 0.812. The summed E-state index contributed by atoms with van der Waals surface area (Å²) >= 11 is 6.76. The average molecular weight is 386 g/mol. The Bertz CT molecular complexity index is 860. The van der Waals surface area contributed by atoms with Gasteiger partial charge in [-0.3, -0.25) is 9.69 Å². The number of carbonyl (C=O) groups is 1. The summed E-state index contributed by atoms with van der Waals surface area (Å²) in [6.45, 7) is 5.53. The lowest BCUT2D eigenvalue weighted by Gasteiger charge is -2.13. The van der Waals surface area contributed by atoms with Crippen molar-refractivity contribution in [3.63, 3.8) is 0 Å². The first kappa shape index (κ1) is 18.9. The van der Waals surface area contributed by atoms with E-state index < -0.39 is 0 Å². The van der Waals surface area contributed by atoms with Crippen LogP contribution in [0.3, 0.4) is 0 Å². The van der Waals surface area contributed by atoms with E-state index in [1.165, 1.54) is 11.8 Å². The van der Waals surface area contributed by atoms with E-state index in [1.54, 1.807) is 4.90 Å². The molecule has 136 valence electrons. The molecule has 0 N–H and O–H groups in total.